The van der Waals surface area contributed by atoms with Crippen molar-refractivity contribution in [3.63, 3.8) is 0 Å². The van der Waals surface area contributed by atoms with Crippen molar-refractivity contribution in [2.45, 2.75) is 32.5 Å². The summed E-state index contributed by atoms with van der Waals surface area (Å²) in [5.41, 5.74) is 0. The average molecular weight is 252 g/mol. The van der Waals surface area contributed by atoms with Gasteiger partial charge < -0.3 is 15.1 Å². The van der Waals surface area contributed by atoms with Crippen molar-refractivity contribution < 1.29 is 17.6 Å². The Morgan fingerprint density at radius 2 is 2.06 bits per heavy atom. The number of nitrogens with one attached hydrogen (secondary N) is 2. The van der Waals surface area contributed by atoms with Gasteiger partial charge in [-0.25, -0.2) is 0 Å². The van der Waals surface area contributed by atoms with E-state index in [9.17, 15) is 13.2 Å². The predicted octanol–water partition coefficient (Wildman–Crippen LogP) is 2.10. The monoisotopic (exact) mass is 252 g/mol. The fraction of sp³-hybridized carbons (Fsp3) is 0.778. The molecule has 17 heavy (non-hydrogen) atoms. The number of aromatic nitrogens is 2. The zero-order valence-electron chi connectivity index (χ0n) is 9.64. The zero-order chi connectivity index (χ0) is 12.9. The minimum Gasteiger partial charge on any atom is -0.406 e. The average Bonchev–Trinajstić information content (AvgIpc) is 2.70. The van der Waals surface area contributed by atoms with E-state index in [1.165, 1.54) is 0 Å². The Labute approximate surface area is 96.8 Å². The van der Waals surface area contributed by atoms with Crippen molar-refractivity contribution in [3.05, 3.63) is 5.89 Å². The Bertz CT molecular complexity index is 339. The Hall–Kier alpha value is -1.31. The van der Waals surface area contributed by atoms with Crippen LogP contribution in [-0.4, -0.2) is 29.5 Å². The highest BCUT2D eigenvalue weighted by Crippen LogP contribution is 2.17. The molecule has 8 heteroatoms. The van der Waals surface area contributed by atoms with E-state index in [-0.39, 0.29) is 17.9 Å². The minimum absolute atomic E-state index is 0.177. The summed E-state index contributed by atoms with van der Waals surface area (Å²) in [6, 6.07) is -0.397. The van der Waals surface area contributed by atoms with Crippen molar-refractivity contribution in [2.75, 3.05) is 18.4 Å². The highest BCUT2D eigenvalue weighted by Gasteiger charge is 2.27. The van der Waals surface area contributed by atoms with E-state index in [2.05, 4.69) is 15.5 Å². The lowest BCUT2D eigenvalue weighted by atomic mass is 10.3. The van der Waals surface area contributed by atoms with Crippen LogP contribution in [0.3, 0.4) is 0 Å². The van der Waals surface area contributed by atoms with Gasteiger partial charge in [0.15, 0.2) is 0 Å². The maximum absolute atomic E-state index is 11.9. The van der Waals surface area contributed by atoms with Gasteiger partial charge in [-0.15, -0.1) is 5.10 Å². The lowest BCUT2D eigenvalue weighted by molar-refractivity contribution is -0.115. The molecule has 1 aromatic rings. The molecule has 0 bridgehead atoms. The first kappa shape index (κ1) is 13.8. The van der Waals surface area contributed by atoms with Crippen molar-refractivity contribution in [1.82, 2.24) is 15.5 Å². The van der Waals surface area contributed by atoms with Gasteiger partial charge in [0.2, 0.25) is 5.89 Å². The van der Waals surface area contributed by atoms with E-state index in [0.29, 0.717) is 0 Å². The third-order valence-electron chi connectivity index (χ3n) is 1.95. The molecular formula is C9H15F3N4O. The van der Waals surface area contributed by atoms with Gasteiger partial charge in [-0.2, -0.15) is 13.2 Å². The maximum atomic E-state index is 11.9. The molecule has 98 valence electrons. The summed E-state index contributed by atoms with van der Waals surface area (Å²) in [5, 5.41) is 12.3. The quantitative estimate of drug-likeness (QED) is 0.811. The summed E-state index contributed by atoms with van der Waals surface area (Å²) in [6.07, 6.45) is -3.36. The number of hydrogen-bond donors (Lipinski definition) is 2. The van der Waals surface area contributed by atoms with Crippen LogP contribution in [0.5, 0.6) is 0 Å². The standard InChI is InChI=1S/C9H15F3N4O/c1-3-4-13-6(2)7-15-16-8(17-7)14-5-9(10,11)12/h6,13H,3-5H2,1-2H3,(H,14,16). The number of halogens is 3. The summed E-state index contributed by atoms with van der Waals surface area (Å²) >= 11 is 0. The van der Waals surface area contributed by atoms with Gasteiger partial charge in [0.05, 0.1) is 6.04 Å². The molecule has 0 amide bonds. The minimum atomic E-state index is -4.30. The van der Waals surface area contributed by atoms with Crippen molar-refractivity contribution in [2.24, 2.45) is 0 Å². The first-order valence-corrected chi connectivity index (χ1v) is 5.29. The molecule has 0 aliphatic heterocycles. The topological polar surface area (TPSA) is 63.0 Å². The summed E-state index contributed by atoms with van der Waals surface area (Å²) in [5.74, 6) is 0.267. The smallest absolute Gasteiger partial charge is 0.405 e. The van der Waals surface area contributed by atoms with Crippen LogP contribution < -0.4 is 10.6 Å². The van der Waals surface area contributed by atoms with E-state index in [0.717, 1.165) is 13.0 Å². The van der Waals surface area contributed by atoms with Gasteiger partial charge in [-0.05, 0) is 19.9 Å². The van der Waals surface area contributed by atoms with Gasteiger partial charge in [-0.3, -0.25) is 0 Å². The van der Waals surface area contributed by atoms with Crippen molar-refractivity contribution >= 4 is 6.01 Å². The van der Waals surface area contributed by atoms with E-state index in [4.69, 9.17) is 4.42 Å². The molecule has 1 atom stereocenters. The maximum Gasteiger partial charge on any atom is 0.405 e. The largest absolute Gasteiger partial charge is 0.406 e. The highest BCUT2D eigenvalue weighted by atomic mass is 19.4. The van der Waals surface area contributed by atoms with Crippen LogP contribution in [0.4, 0.5) is 19.2 Å². The molecule has 1 unspecified atom stereocenters. The van der Waals surface area contributed by atoms with Gasteiger partial charge in [0.25, 0.3) is 0 Å². The van der Waals surface area contributed by atoms with Crippen LogP contribution in [0.15, 0.2) is 4.42 Å². The van der Waals surface area contributed by atoms with Crippen LogP contribution in [0, 0.1) is 0 Å². The summed E-state index contributed by atoms with van der Waals surface area (Å²) < 4.78 is 40.8. The molecule has 0 aliphatic carbocycles. The first-order valence-electron chi connectivity index (χ1n) is 5.29. The second-order valence-electron chi connectivity index (χ2n) is 3.59. The fourth-order valence-corrected chi connectivity index (χ4v) is 1.10. The third-order valence-corrected chi connectivity index (χ3v) is 1.95. The molecule has 0 saturated carbocycles. The first-order chi connectivity index (χ1) is 7.92. The number of hydrogen-bond acceptors (Lipinski definition) is 5. The van der Waals surface area contributed by atoms with Crippen LogP contribution in [0.2, 0.25) is 0 Å². The second kappa shape index (κ2) is 5.85. The van der Waals surface area contributed by atoms with Crippen LogP contribution in [-0.2, 0) is 0 Å². The van der Waals surface area contributed by atoms with E-state index < -0.39 is 12.7 Å². The number of nitrogens with zero attached hydrogens (tertiary/aromatic N) is 2. The molecule has 0 fully saturated rings. The third kappa shape index (κ3) is 5.03. The predicted molar refractivity (Wildman–Crippen MR) is 55.6 cm³/mol. The molecule has 0 spiro atoms. The van der Waals surface area contributed by atoms with E-state index in [1.54, 1.807) is 6.92 Å². The van der Waals surface area contributed by atoms with Crippen molar-refractivity contribution in [1.29, 1.82) is 0 Å². The lowest BCUT2D eigenvalue weighted by Gasteiger charge is -2.08. The lowest BCUT2D eigenvalue weighted by Crippen LogP contribution is -2.21. The number of rotatable bonds is 6. The molecule has 1 rings (SSSR count). The van der Waals surface area contributed by atoms with Gasteiger partial charge in [0, 0.05) is 0 Å². The van der Waals surface area contributed by atoms with Gasteiger partial charge in [0.1, 0.15) is 6.54 Å². The van der Waals surface area contributed by atoms with Gasteiger partial charge in [-0.1, -0.05) is 12.0 Å². The molecule has 0 aliphatic rings. The van der Waals surface area contributed by atoms with E-state index >= 15 is 0 Å². The number of anilines is 1. The Balaban J connectivity index is 2.47. The zero-order valence-corrected chi connectivity index (χ0v) is 9.64. The number of alkyl halides is 3. The second-order valence-corrected chi connectivity index (χ2v) is 3.59. The Morgan fingerprint density at radius 3 is 2.65 bits per heavy atom. The van der Waals surface area contributed by atoms with Crippen LogP contribution in [0.1, 0.15) is 32.2 Å². The Kier molecular flexibility index (Phi) is 4.73. The fourth-order valence-electron chi connectivity index (χ4n) is 1.10. The normalized spacial score (nSPS) is 13.7. The molecule has 0 aromatic carbocycles. The summed E-state index contributed by atoms with van der Waals surface area (Å²) in [7, 11) is 0. The molecule has 2 N–H and O–H groups in total. The van der Waals surface area contributed by atoms with Crippen LogP contribution >= 0.6 is 0 Å². The molecule has 1 aromatic heterocycles. The summed E-state index contributed by atoms with van der Waals surface area (Å²) in [6.45, 7) is 3.39. The van der Waals surface area contributed by atoms with Gasteiger partial charge >= 0.3 is 12.2 Å². The molecule has 0 saturated heterocycles. The summed E-state index contributed by atoms with van der Waals surface area (Å²) in [4.78, 5) is 0. The Morgan fingerprint density at radius 1 is 1.35 bits per heavy atom. The van der Waals surface area contributed by atoms with Crippen molar-refractivity contribution in [3.8, 4) is 0 Å². The highest BCUT2D eigenvalue weighted by molar-refractivity contribution is 5.17. The molecule has 0 radical (unpaired) electrons. The molecule has 5 nitrogen and oxygen atoms in total. The van der Waals surface area contributed by atoms with E-state index in [1.807, 2.05) is 12.2 Å². The molecule has 1 heterocycles. The van der Waals surface area contributed by atoms with Crippen LogP contribution in [0.25, 0.3) is 0 Å². The molecular weight excluding hydrogens is 237 g/mol. The SMILES string of the molecule is CCCNC(C)c1nnc(NCC(F)(F)F)o1.